The van der Waals surface area contributed by atoms with Crippen molar-refractivity contribution in [3.8, 4) is 6.01 Å². The van der Waals surface area contributed by atoms with Crippen molar-refractivity contribution >= 4 is 15.9 Å². The summed E-state index contributed by atoms with van der Waals surface area (Å²) in [7, 11) is 1.63. The molecule has 0 saturated heterocycles. The minimum atomic E-state index is 0.572. The number of methoxy groups -OCH3 is 1. The standard InChI is InChI=1S/C7H10BrN3O/c1-12-7-10-9-6(4-8)11(7)5-2-3-5/h5H,2-4H2,1H3. The van der Waals surface area contributed by atoms with Gasteiger partial charge in [-0.1, -0.05) is 21.0 Å². The van der Waals surface area contributed by atoms with Crippen molar-refractivity contribution in [2.75, 3.05) is 7.11 Å². The van der Waals surface area contributed by atoms with Gasteiger partial charge in [-0.25, -0.2) is 0 Å². The fraction of sp³-hybridized carbons (Fsp3) is 0.714. The maximum absolute atomic E-state index is 5.10. The minimum Gasteiger partial charge on any atom is -0.467 e. The largest absolute Gasteiger partial charge is 0.467 e. The Hall–Kier alpha value is -0.580. The quantitative estimate of drug-likeness (QED) is 0.741. The Morgan fingerprint density at radius 1 is 1.58 bits per heavy atom. The van der Waals surface area contributed by atoms with E-state index in [2.05, 4.69) is 30.7 Å². The summed E-state index contributed by atoms with van der Waals surface area (Å²) < 4.78 is 7.16. The van der Waals surface area contributed by atoms with Crippen LogP contribution in [0, 0.1) is 0 Å². The lowest BCUT2D eigenvalue weighted by molar-refractivity contribution is 0.355. The van der Waals surface area contributed by atoms with E-state index in [-0.39, 0.29) is 0 Å². The molecule has 2 rings (SSSR count). The molecular formula is C7H10BrN3O. The van der Waals surface area contributed by atoms with Gasteiger partial charge < -0.3 is 4.74 Å². The molecule has 0 aromatic carbocycles. The first kappa shape index (κ1) is 8.04. The monoisotopic (exact) mass is 231 g/mol. The topological polar surface area (TPSA) is 39.9 Å². The summed E-state index contributed by atoms with van der Waals surface area (Å²) in [5.41, 5.74) is 0. The van der Waals surface area contributed by atoms with Crippen LogP contribution >= 0.6 is 15.9 Å². The van der Waals surface area contributed by atoms with Crippen LogP contribution in [0.4, 0.5) is 0 Å². The summed E-state index contributed by atoms with van der Waals surface area (Å²) >= 11 is 3.37. The van der Waals surface area contributed by atoms with E-state index in [1.165, 1.54) is 12.8 Å². The third-order valence-corrected chi connectivity index (χ3v) is 2.45. The van der Waals surface area contributed by atoms with E-state index < -0.39 is 0 Å². The van der Waals surface area contributed by atoms with Crippen molar-refractivity contribution in [1.82, 2.24) is 14.8 Å². The number of nitrogens with zero attached hydrogens (tertiary/aromatic N) is 3. The van der Waals surface area contributed by atoms with Gasteiger partial charge in [-0.3, -0.25) is 4.57 Å². The van der Waals surface area contributed by atoms with Crippen LogP contribution in [-0.4, -0.2) is 21.9 Å². The van der Waals surface area contributed by atoms with Gasteiger partial charge in [-0.15, -0.1) is 5.10 Å². The van der Waals surface area contributed by atoms with Gasteiger partial charge in [0, 0.05) is 6.04 Å². The molecule has 12 heavy (non-hydrogen) atoms. The molecule has 0 bridgehead atoms. The molecule has 1 aliphatic rings. The van der Waals surface area contributed by atoms with Gasteiger partial charge in [0.25, 0.3) is 0 Å². The first-order valence-corrected chi connectivity index (χ1v) is 5.02. The second-order valence-corrected chi connectivity index (χ2v) is 3.40. The predicted octanol–water partition coefficient (Wildman–Crippen LogP) is 1.52. The zero-order valence-electron chi connectivity index (χ0n) is 6.83. The van der Waals surface area contributed by atoms with Crippen LogP contribution in [0.25, 0.3) is 0 Å². The van der Waals surface area contributed by atoms with E-state index >= 15 is 0 Å². The smallest absolute Gasteiger partial charge is 0.316 e. The lowest BCUT2D eigenvalue weighted by atomic mass is 10.6. The number of aromatic nitrogens is 3. The van der Waals surface area contributed by atoms with Crippen LogP contribution in [0.5, 0.6) is 6.01 Å². The van der Waals surface area contributed by atoms with Crippen molar-refractivity contribution < 1.29 is 4.74 Å². The van der Waals surface area contributed by atoms with Crippen LogP contribution in [0.3, 0.4) is 0 Å². The van der Waals surface area contributed by atoms with E-state index in [0.717, 1.165) is 11.2 Å². The number of ether oxygens (including phenoxy) is 1. The molecule has 0 spiro atoms. The molecule has 0 amide bonds. The van der Waals surface area contributed by atoms with Gasteiger partial charge >= 0.3 is 6.01 Å². The van der Waals surface area contributed by atoms with Gasteiger partial charge in [0.2, 0.25) is 0 Å². The Bertz CT molecular complexity index is 261. The van der Waals surface area contributed by atoms with Crippen LogP contribution in [-0.2, 0) is 5.33 Å². The Morgan fingerprint density at radius 2 is 2.33 bits per heavy atom. The summed E-state index contributed by atoms with van der Waals surface area (Å²) in [5.74, 6) is 0.953. The molecule has 1 heterocycles. The highest BCUT2D eigenvalue weighted by molar-refractivity contribution is 9.08. The van der Waals surface area contributed by atoms with Gasteiger partial charge in [0.05, 0.1) is 12.4 Å². The lowest BCUT2D eigenvalue weighted by Gasteiger charge is -2.04. The minimum absolute atomic E-state index is 0.572. The van der Waals surface area contributed by atoms with Gasteiger partial charge in [0.15, 0.2) is 0 Å². The van der Waals surface area contributed by atoms with E-state index in [9.17, 15) is 0 Å². The maximum Gasteiger partial charge on any atom is 0.316 e. The second kappa shape index (κ2) is 3.05. The molecule has 0 atom stereocenters. The molecule has 0 unspecified atom stereocenters. The van der Waals surface area contributed by atoms with Gasteiger partial charge in [-0.05, 0) is 12.8 Å². The third kappa shape index (κ3) is 1.22. The van der Waals surface area contributed by atoms with Crippen LogP contribution in [0.15, 0.2) is 0 Å². The molecule has 1 aliphatic carbocycles. The molecule has 0 N–H and O–H groups in total. The Balaban J connectivity index is 2.36. The van der Waals surface area contributed by atoms with Crippen LogP contribution in [0.2, 0.25) is 0 Å². The zero-order valence-corrected chi connectivity index (χ0v) is 8.41. The summed E-state index contributed by atoms with van der Waals surface area (Å²) in [6.45, 7) is 0. The Labute approximate surface area is 79.1 Å². The molecule has 1 fully saturated rings. The fourth-order valence-corrected chi connectivity index (χ4v) is 1.62. The molecule has 0 radical (unpaired) electrons. The summed E-state index contributed by atoms with van der Waals surface area (Å²) in [4.78, 5) is 0. The fourth-order valence-electron chi connectivity index (χ4n) is 1.24. The van der Waals surface area contributed by atoms with Crippen LogP contribution < -0.4 is 4.74 Å². The highest BCUT2D eigenvalue weighted by Crippen LogP contribution is 2.38. The van der Waals surface area contributed by atoms with Gasteiger partial charge in [0.1, 0.15) is 5.82 Å². The molecule has 1 aromatic heterocycles. The Morgan fingerprint density at radius 3 is 2.83 bits per heavy atom. The van der Waals surface area contributed by atoms with Gasteiger partial charge in [-0.2, -0.15) is 0 Å². The van der Waals surface area contributed by atoms with E-state index in [4.69, 9.17) is 4.74 Å². The van der Waals surface area contributed by atoms with Crippen molar-refractivity contribution in [3.05, 3.63) is 5.82 Å². The first-order chi connectivity index (χ1) is 5.86. The average Bonchev–Trinajstić information content (AvgIpc) is 2.85. The van der Waals surface area contributed by atoms with Crippen molar-refractivity contribution in [3.63, 3.8) is 0 Å². The third-order valence-electron chi connectivity index (χ3n) is 1.95. The summed E-state index contributed by atoms with van der Waals surface area (Å²) in [6.07, 6.45) is 2.43. The Kier molecular flexibility index (Phi) is 2.04. The second-order valence-electron chi connectivity index (χ2n) is 2.84. The molecule has 4 nitrogen and oxygen atoms in total. The molecule has 1 saturated carbocycles. The summed E-state index contributed by atoms with van der Waals surface area (Å²) in [5, 5.41) is 8.67. The normalized spacial score (nSPS) is 16.5. The molecule has 5 heteroatoms. The van der Waals surface area contributed by atoms with Crippen molar-refractivity contribution in [2.24, 2.45) is 0 Å². The van der Waals surface area contributed by atoms with E-state index in [1.807, 2.05) is 0 Å². The highest BCUT2D eigenvalue weighted by Gasteiger charge is 2.29. The molecule has 1 aromatic rings. The predicted molar refractivity (Wildman–Crippen MR) is 47.5 cm³/mol. The average molecular weight is 232 g/mol. The van der Waals surface area contributed by atoms with Crippen LogP contribution in [0.1, 0.15) is 24.7 Å². The zero-order chi connectivity index (χ0) is 8.55. The number of hydrogen-bond acceptors (Lipinski definition) is 3. The maximum atomic E-state index is 5.10. The van der Waals surface area contributed by atoms with E-state index in [1.54, 1.807) is 7.11 Å². The number of halogens is 1. The number of rotatable bonds is 3. The lowest BCUT2D eigenvalue weighted by Crippen LogP contribution is -2.01. The number of alkyl halides is 1. The molecular weight excluding hydrogens is 222 g/mol. The van der Waals surface area contributed by atoms with E-state index in [0.29, 0.717) is 12.1 Å². The molecule has 0 aliphatic heterocycles. The number of hydrogen-bond donors (Lipinski definition) is 0. The van der Waals surface area contributed by atoms with Crippen molar-refractivity contribution in [2.45, 2.75) is 24.2 Å². The molecule has 66 valence electrons. The first-order valence-electron chi connectivity index (χ1n) is 3.90. The summed E-state index contributed by atoms with van der Waals surface area (Å²) in [6, 6.07) is 1.20. The highest BCUT2D eigenvalue weighted by atomic mass is 79.9. The van der Waals surface area contributed by atoms with Crippen molar-refractivity contribution in [1.29, 1.82) is 0 Å². The SMILES string of the molecule is COc1nnc(CBr)n1C1CC1.